The SMILES string of the molecule is CCCOc1ccccc1/C(C)=C/CCNC(C)C. The number of hydrogen-bond acceptors (Lipinski definition) is 2. The molecule has 0 spiro atoms. The van der Waals surface area contributed by atoms with Crippen LogP contribution in [0.25, 0.3) is 5.57 Å². The highest BCUT2D eigenvalue weighted by molar-refractivity contribution is 5.68. The van der Waals surface area contributed by atoms with E-state index in [1.807, 2.05) is 6.07 Å². The summed E-state index contributed by atoms with van der Waals surface area (Å²) in [6, 6.07) is 8.83. The summed E-state index contributed by atoms with van der Waals surface area (Å²) in [6.07, 6.45) is 4.37. The van der Waals surface area contributed by atoms with E-state index in [0.29, 0.717) is 6.04 Å². The Morgan fingerprint density at radius 1 is 1.32 bits per heavy atom. The fourth-order valence-corrected chi connectivity index (χ4v) is 1.90. The van der Waals surface area contributed by atoms with Gasteiger partial charge in [0.2, 0.25) is 0 Å². The summed E-state index contributed by atoms with van der Waals surface area (Å²) in [5, 5.41) is 3.43. The lowest BCUT2D eigenvalue weighted by atomic mass is 10.1. The third-order valence-electron chi connectivity index (χ3n) is 2.92. The zero-order valence-corrected chi connectivity index (χ0v) is 12.7. The van der Waals surface area contributed by atoms with Gasteiger partial charge in [-0.25, -0.2) is 0 Å². The summed E-state index contributed by atoms with van der Waals surface area (Å²) in [4.78, 5) is 0. The van der Waals surface area contributed by atoms with Gasteiger partial charge in [-0.15, -0.1) is 0 Å². The summed E-state index contributed by atoms with van der Waals surface area (Å²) < 4.78 is 5.80. The Labute approximate surface area is 117 Å². The largest absolute Gasteiger partial charge is 0.493 e. The molecule has 0 radical (unpaired) electrons. The molecular weight excluding hydrogens is 234 g/mol. The smallest absolute Gasteiger partial charge is 0.126 e. The highest BCUT2D eigenvalue weighted by Crippen LogP contribution is 2.25. The summed E-state index contributed by atoms with van der Waals surface area (Å²) in [5.41, 5.74) is 2.50. The molecule has 0 heterocycles. The molecule has 0 bridgehead atoms. The highest BCUT2D eigenvalue weighted by atomic mass is 16.5. The molecule has 19 heavy (non-hydrogen) atoms. The monoisotopic (exact) mass is 261 g/mol. The van der Waals surface area contributed by atoms with Crippen molar-refractivity contribution in [2.45, 2.75) is 46.6 Å². The molecule has 0 saturated heterocycles. The van der Waals surface area contributed by atoms with Crippen molar-refractivity contribution in [1.29, 1.82) is 0 Å². The molecule has 0 aliphatic heterocycles. The number of nitrogens with one attached hydrogen (secondary N) is 1. The van der Waals surface area contributed by atoms with Crippen LogP contribution in [0.2, 0.25) is 0 Å². The zero-order chi connectivity index (χ0) is 14.1. The first kappa shape index (κ1) is 15.8. The minimum Gasteiger partial charge on any atom is -0.493 e. The Hall–Kier alpha value is -1.28. The summed E-state index contributed by atoms with van der Waals surface area (Å²) in [6.45, 7) is 10.4. The fraction of sp³-hybridized carbons (Fsp3) is 0.529. The minimum atomic E-state index is 0.550. The van der Waals surface area contributed by atoms with E-state index < -0.39 is 0 Å². The van der Waals surface area contributed by atoms with Gasteiger partial charge in [0.25, 0.3) is 0 Å². The van der Waals surface area contributed by atoms with Crippen molar-refractivity contribution in [1.82, 2.24) is 5.32 Å². The van der Waals surface area contributed by atoms with Crippen LogP contribution >= 0.6 is 0 Å². The second kappa shape index (κ2) is 8.76. The number of para-hydroxylation sites is 1. The first-order valence-corrected chi connectivity index (χ1v) is 7.27. The standard InChI is InChI=1S/C17H27NO/c1-5-13-19-17-11-7-6-10-16(17)15(4)9-8-12-18-14(2)3/h6-7,9-11,14,18H,5,8,12-13H2,1-4H3/b15-9+. The number of hydrogen-bond donors (Lipinski definition) is 1. The second-order valence-electron chi connectivity index (χ2n) is 5.13. The topological polar surface area (TPSA) is 21.3 Å². The molecule has 1 aromatic carbocycles. The van der Waals surface area contributed by atoms with Crippen molar-refractivity contribution in [3.05, 3.63) is 35.9 Å². The molecule has 0 aliphatic carbocycles. The summed E-state index contributed by atoms with van der Waals surface area (Å²) in [5.74, 6) is 0.995. The van der Waals surface area contributed by atoms with E-state index in [1.165, 1.54) is 11.1 Å². The molecule has 1 aromatic rings. The van der Waals surface area contributed by atoms with Crippen molar-refractivity contribution in [3.8, 4) is 5.75 Å². The van der Waals surface area contributed by atoms with Gasteiger partial charge in [-0.3, -0.25) is 0 Å². The molecule has 0 unspecified atom stereocenters. The van der Waals surface area contributed by atoms with Crippen molar-refractivity contribution in [3.63, 3.8) is 0 Å². The molecule has 2 heteroatoms. The Balaban J connectivity index is 2.64. The van der Waals surface area contributed by atoms with Gasteiger partial charge < -0.3 is 10.1 Å². The van der Waals surface area contributed by atoms with Crippen molar-refractivity contribution >= 4 is 5.57 Å². The molecule has 0 atom stereocenters. The average Bonchev–Trinajstić information content (AvgIpc) is 2.41. The lowest BCUT2D eigenvalue weighted by Crippen LogP contribution is -2.23. The molecule has 106 valence electrons. The van der Waals surface area contributed by atoms with E-state index in [0.717, 1.165) is 31.7 Å². The molecule has 1 rings (SSSR count). The predicted molar refractivity (Wildman–Crippen MR) is 83.6 cm³/mol. The lowest BCUT2D eigenvalue weighted by Gasteiger charge is -2.11. The Morgan fingerprint density at radius 3 is 2.74 bits per heavy atom. The van der Waals surface area contributed by atoms with Crippen molar-refractivity contribution < 1.29 is 4.74 Å². The van der Waals surface area contributed by atoms with Crippen LogP contribution in [0.5, 0.6) is 5.75 Å². The third-order valence-corrected chi connectivity index (χ3v) is 2.92. The maximum atomic E-state index is 5.80. The average molecular weight is 261 g/mol. The van der Waals surface area contributed by atoms with Gasteiger partial charge in [0.15, 0.2) is 0 Å². The van der Waals surface area contributed by atoms with Gasteiger partial charge in [-0.2, -0.15) is 0 Å². The van der Waals surface area contributed by atoms with Crippen LogP contribution < -0.4 is 10.1 Å². The van der Waals surface area contributed by atoms with Crippen LogP contribution in [0.4, 0.5) is 0 Å². The van der Waals surface area contributed by atoms with Gasteiger partial charge in [0.05, 0.1) is 6.61 Å². The lowest BCUT2D eigenvalue weighted by molar-refractivity contribution is 0.316. The number of allylic oxidation sites excluding steroid dienone is 1. The molecule has 0 aliphatic rings. The van der Waals surface area contributed by atoms with E-state index in [2.05, 4.69) is 57.3 Å². The fourth-order valence-electron chi connectivity index (χ4n) is 1.90. The van der Waals surface area contributed by atoms with Crippen LogP contribution in [0, 0.1) is 0 Å². The van der Waals surface area contributed by atoms with E-state index in [9.17, 15) is 0 Å². The number of ether oxygens (including phenoxy) is 1. The van der Waals surface area contributed by atoms with Crippen LogP contribution in [-0.2, 0) is 0 Å². The van der Waals surface area contributed by atoms with Crippen molar-refractivity contribution in [2.75, 3.05) is 13.2 Å². The van der Waals surface area contributed by atoms with Gasteiger partial charge in [-0.1, -0.05) is 45.0 Å². The first-order chi connectivity index (χ1) is 9.15. The van der Waals surface area contributed by atoms with Crippen LogP contribution in [0.1, 0.15) is 46.1 Å². The van der Waals surface area contributed by atoms with Crippen LogP contribution in [0.3, 0.4) is 0 Å². The molecule has 0 saturated carbocycles. The van der Waals surface area contributed by atoms with E-state index >= 15 is 0 Å². The second-order valence-corrected chi connectivity index (χ2v) is 5.13. The predicted octanol–water partition coefficient (Wildman–Crippen LogP) is 4.27. The molecule has 0 amide bonds. The van der Waals surface area contributed by atoms with Crippen molar-refractivity contribution in [2.24, 2.45) is 0 Å². The van der Waals surface area contributed by atoms with Gasteiger partial charge in [0.1, 0.15) is 5.75 Å². The van der Waals surface area contributed by atoms with Crippen LogP contribution in [-0.4, -0.2) is 19.2 Å². The highest BCUT2D eigenvalue weighted by Gasteiger charge is 2.04. The number of rotatable bonds is 8. The first-order valence-electron chi connectivity index (χ1n) is 7.27. The van der Waals surface area contributed by atoms with E-state index in [4.69, 9.17) is 4.74 Å². The Kier molecular flexibility index (Phi) is 7.27. The summed E-state index contributed by atoms with van der Waals surface area (Å²) in [7, 11) is 0. The van der Waals surface area contributed by atoms with Gasteiger partial charge in [0, 0.05) is 11.6 Å². The van der Waals surface area contributed by atoms with E-state index in [-0.39, 0.29) is 0 Å². The third kappa shape index (κ3) is 5.93. The number of benzene rings is 1. The quantitative estimate of drug-likeness (QED) is 0.706. The maximum absolute atomic E-state index is 5.80. The van der Waals surface area contributed by atoms with Gasteiger partial charge >= 0.3 is 0 Å². The molecule has 2 nitrogen and oxygen atoms in total. The normalized spacial score (nSPS) is 11.9. The zero-order valence-electron chi connectivity index (χ0n) is 12.7. The van der Waals surface area contributed by atoms with Crippen LogP contribution in [0.15, 0.2) is 30.3 Å². The molecule has 1 N–H and O–H groups in total. The Morgan fingerprint density at radius 2 is 2.05 bits per heavy atom. The molecule has 0 fully saturated rings. The molecule has 0 aromatic heterocycles. The summed E-state index contributed by atoms with van der Waals surface area (Å²) >= 11 is 0. The van der Waals surface area contributed by atoms with E-state index in [1.54, 1.807) is 0 Å². The Bertz CT molecular complexity index is 396. The maximum Gasteiger partial charge on any atom is 0.126 e. The minimum absolute atomic E-state index is 0.550. The van der Waals surface area contributed by atoms with Gasteiger partial charge in [-0.05, 0) is 37.9 Å². The molecular formula is C17H27NO.